The second kappa shape index (κ2) is 11.3. The highest BCUT2D eigenvalue weighted by Crippen LogP contribution is 2.24. The van der Waals surface area contributed by atoms with Crippen LogP contribution in [0.5, 0.6) is 0 Å². The molecule has 2 saturated heterocycles. The summed E-state index contributed by atoms with van der Waals surface area (Å²) in [6.45, 7) is 11.4. The lowest BCUT2D eigenvalue weighted by molar-refractivity contribution is 0.0649. The molecule has 2 N–H and O–H groups in total. The number of likely N-dealkylation sites (tertiary alicyclic amines) is 2. The Morgan fingerprint density at radius 1 is 0.974 bits per heavy atom. The Labute approximate surface area is 232 Å². The van der Waals surface area contributed by atoms with E-state index in [-0.39, 0.29) is 11.5 Å². The second-order valence-electron chi connectivity index (χ2n) is 10.6. The lowest BCUT2D eigenvalue weighted by Crippen LogP contribution is -2.45. The Bertz CT molecular complexity index is 1470. The average Bonchev–Trinajstić information content (AvgIpc) is 3.69. The Morgan fingerprint density at radius 3 is 2.36 bits per heavy atom. The summed E-state index contributed by atoms with van der Waals surface area (Å²) < 4.78 is 1.49. The maximum Gasteiger partial charge on any atom is 0.281 e. The normalized spacial score (nSPS) is 17.1. The summed E-state index contributed by atoms with van der Waals surface area (Å²) >= 11 is 1.17. The number of hydrogen-bond acceptors (Lipinski definition) is 6. The number of aryl methyl sites for hydroxylation is 3. The zero-order chi connectivity index (χ0) is 27.7. The van der Waals surface area contributed by atoms with Gasteiger partial charge < -0.3 is 9.80 Å². The summed E-state index contributed by atoms with van der Waals surface area (Å²) in [5.74, 6) is -0.428. The van der Waals surface area contributed by atoms with Crippen molar-refractivity contribution in [3.8, 4) is 5.69 Å². The van der Waals surface area contributed by atoms with Crippen LogP contribution >= 0.6 is 11.3 Å². The van der Waals surface area contributed by atoms with E-state index in [0.29, 0.717) is 32.8 Å². The maximum absolute atomic E-state index is 13.2. The molecule has 2 amide bonds. The van der Waals surface area contributed by atoms with Crippen molar-refractivity contribution in [2.24, 2.45) is 5.10 Å². The van der Waals surface area contributed by atoms with Crippen molar-refractivity contribution in [3.05, 3.63) is 72.8 Å². The van der Waals surface area contributed by atoms with Crippen molar-refractivity contribution in [3.63, 3.8) is 0 Å². The molecule has 2 fully saturated rings. The van der Waals surface area contributed by atoms with Gasteiger partial charge in [-0.25, -0.2) is 10.1 Å². The number of nitrogens with one attached hydrogen (secondary N) is 2. The van der Waals surface area contributed by atoms with Crippen LogP contribution in [0.2, 0.25) is 0 Å². The number of aromatic amines is 1. The molecule has 2 aliphatic rings. The van der Waals surface area contributed by atoms with Crippen molar-refractivity contribution in [1.82, 2.24) is 25.0 Å². The Morgan fingerprint density at radius 2 is 1.67 bits per heavy atom. The second-order valence-corrected chi connectivity index (χ2v) is 11.7. The molecule has 0 radical (unpaired) electrons. The van der Waals surface area contributed by atoms with Gasteiger partial charge in [0.05, 0.1) is 26.7 Å². The van der Waals surface area contributed by atoms with Crippen molar-refractivity contribution in [1.29, 1.82) is 0 Å². The quantitative estimate of drug-likeness (QED) is 0.359. The van der Waals surface area contributed by atoms with E-state index in [2.05, 4.69) is 20.5 Å². The molecule has 5 rings (SSSR count). The first-order chi connectivity index (χ1) is 18.7. The third kappa shape index (κ3) is 5.62. The van der Waals surface area contributed by atoms with Gasteiger partial charge in [-0.3, -0.25) is 19.5 Å². The fourth-order valence-corrected chi connectivity index (χ4v) is 6.40. The van der Waals surface area contributed by atoms with Gasteiger partial charge >= 0.3 is 0 Å². The van der Waals surface area contributed by atoms with Crippen molar-refractivity contribution < 1.29 is 9.59 Å². The van der Waals surface area contributed by atoms with Crippen LogP contribution in [-0.2, 0) is 0 Å². The van der Waals surface area contributed by atoms with E-state index in [1.54, 1.807) is 26.0 Å². The van der Waals surface area contributed by atoms with Gasteiger partial charge in [-0.15, -0.1) is 11.3 Å². The molecule has 1 aromatic carbocycles. The van der Waals surface area contributed by atoms with Crippen LogP contribution in [0, 0.1) is 20.8 Å². The number of carbonyl (C=O) groups excluding carboxylic acids is 2. The highest BCUT2D eigenvalue weighted by Gasteiger charge is 2.29. The number of piperidine rings is 1. The molecular weight excluding hydrogens is 512 g/mol. The molecule has 9 nitrogen and oxygen atoms in total. The Balaban J connectivity index is 1.22. The van der Waals surface area contributed by atoms with Gasteiger partial charge in [-0.2, -0.15) is 5.10 Å². The molecule has 0 saturated carbocycles. The van der Waals surface area contributed by atoms with Gasteiger partial charge in [0.2, 0.25) is 0 Å². The molecule has 0 atom stereocenters. The van der Waals surface area contributed by atoms with Crippen LogP contribution in [0.25, 0.3) is 5.69 Å². The zero-order valence-corrected chi connectivity index (χ0v) is 23.9. The van der Waals surface area contributed by atoms with E-state index in [4.69, 9.17) is 0 Å². The molecule has 39 heavy (non-hydrogen) atoms. The van der Waals surface area contributed by atoms with E-state index in [1.807, 2.05) is 36.9 Å². The van der Waals surface area contributed by atoms with Crippen molar-refractivity contribution in [2.45, 2.75) is 59.4 Å². The number of hydrazone groups is 1. The van der Waals surface area contributed by atoms with Crippen LogP contribution in [0.3, 0.4) is 0 Å². The number of H-pyrrole nitrogens is 1. The van der Waals surface area contributed by atoms with Gasteiger partial charge in [0.15, 0.2) is 0 Å². The first kappa shape index (κ1) is 27.1. The van der Waals surface area contributed by atoms with Gasteiger partial charge in [-0.1, -0.05) is 6.07 Å². The predicted octanol–water partition coefficient (Wildman–Crippen LogP) is 4.01. The van der Waals surface area contributed by atoms with Crippen LogP contribution < -0.4 is 11.0 Å². The van der Waals surface area contributed by atoms with E-state index >= 15 is 0 Å². The van der Waals surface area contributed by atoms with Crippen LogP contribution in [0.1, 0.15) is 74.3 Å². The minimum Gasteiger partial charge on any atom is -0.338 e. The van der Waals surface area contributed by atoms with Crippen molar-refractivity contribution in [2.75, 3.05) is 26.2 Å². The van der Waals surface area contributed by atoms with E-state index in [9.17, 15) is 14.4 Å². The summed E-state index contributed by atoms with van der Waals surface area (Å²) in [5.41, 5.74) is 6.77. The number of rotatable bonds is 6. The molecule has 10 heteroatoms. The molecule has 2 aliphatic heterocycles. The molecule has 206 valence electrons. The highest BCUT2D eigenvalue weighted by atomic mass is 32.1. The fourth-order valence-electron chi connectivity index (χ4n) is 5.54. The lowest BCUT2D eigenvalue weighted by atomic mass is 10.0. The van der Waals surface area contributed by atoms with E-state index in [0.717, 1.165) is 42.7 Å². The highest BCUT2D eigenvalue weighted by molar-refractivity contribution is 7.15. The summed E-state index contributed by atoms with van der Waals surface area (Å²) in [6, 6.07) is 9.77. The van der Waals surface area contributed by atoms with E-state index in [1.165, 1.54) is 41.9 Å². The van der Waals surface area contributed by atoms with Crippen LogP contribution in [0.15, 0.2) is 40.2 Å². The molecule has 0 spiro atoms. The first-order valence-corrected chi connectivity index (χ1v) is 14.4. The minimum atomic E-state index is -0.409. The largest absolute Gasteiger partial charge is 0.338 e. The third-order valence-electron chi connectivity index (χ3n) is 7.96. The average molecular weight is 549 g/mol. The van der Waals surface area contributed by atoms with Gasteiger partial charge in [0.1, 0.15) is 0 Å². The van der Waals surface area contributed by atoms with Gasteiger partial charge in [0.25, 0.3) is 17.4 Å². The SMILES string of the molecule is C/C(=N/NC(=O)c1ccc(C(=O)N2CCC(N3CCCC3)CC2)s1)c1c(C)[nH]n(-c2ccc(C)c(C)c2)c1=O. The number of benzene rings is 1. The van der Waals surface area contributed by atoms with Crippen LogP contribution in [0.4, 0.5) is 0 Å². The number of hydrogen-bond donors (Lipinski definition) is 2. The number of thiophene rings is 1. The zero-order valence-electron chi connectivity index (χ0n) is 23.0. The number of aromatic nitrogens is 2. The molecule has 4 heterocycles. The standard InChI is InChI=1S/C29H36N6O3S/c1-18-7-8-23(17-19(18)2)35-29(38)26(21(4)32-35)20(3)30-31-27(36)24-9-10-25(39-24)28(37)34-15-11-22(12-16-34)33-13-5-6-14-33/h7-10,17,22,32H,5-6,11-16H2,1-4H3,(H,31,36)/b30-20-. The number of amides is 2. The summed E-state index contributed by atoms with van der Waals surface area (Å²) in [5, 5.41) is 7.32. The monoisotopic (exact) mass is 548 g/mol. The summed E-state index contributed by atoms with van der Waals surface area (Å²) in [4.78, 5) is 44.5. The predicted molar refractivity (Wildman–Crippen MR) is 154 cm³/mol. The topological polar surface area (TPSA) is 103 Å². The van der Waals surface area contributed by atoms with Gasteiger partial charge in [0, 0.05) is 24.8 Å². The Kier molecular flexibility index (Phi) is 7.86. The smallest absolute Gasteiger partial charge is 0.281 e. The van der Waals surface area contributed by atoms with Crippen LogP contribution in [-0.4, -0.2) is 69.3 Å². The number of carbonyl (C=O) groups is 2. The maximum atomic E-state index is 13.2. The fraction of sp³-hybridized carbons (Fsp3) is 0.448. The van der Waals surface area contributed by atoms with Crippen molar-refractivity contribution >= 4 is 28.9 Å². The Hall–Kier alpha value is -3.50. The molecule has 0 aliphatic carbocycles. The molecule has 3 aromatic rings. The molecule has 0 bridgehead atoms. The first-order valence-electron chi connectivity index (χ1n) is 13.6. The lowest BCUT2D eigenvalue weighted by Gasteiger charge is -2.36. The molecule has 0 unspecified atom stereocenters. The molecular formula is C29H36N6O3S. The molecule has 2 aromatic heterocycles. The minimum absolute atomic E-state index is 0.0200. The van der Waals surface area contributed by atoms with Gasteiger partial charge in [-0.05, 0) is 102 Å². The summed E-state index contributed by atoms with van der Waals surface area (Å²) in [6.07, 6.45) is 4.56. The third-order valence-corrected chi connectivity index (χ3v) is 9.03. The van der Waals surface area contributed by atoms with E-state index < -0.39 is 5.91 Å². The number of nitrogens with zero attached hydrogens (tertiary/aromatic N) is 4. The summed E-state index contributed by atoms with van der Waals surface area (Å²) in [7, 11) is 0.